The molecule has 0 aliphatic carbocycles. The summed E-state index contributed by atoms with van der Waals surface area (Å²) in [5, 5.41) is 2.80. The van der Waals surface area contributed by atoms with Crippen LogP contribution in [-0.4, -0.2) is 106 Å². The highest BCUT2D eigenvalue weighted by Gasteiger charge is 2.58. The van der Waals surface area contributed by atoms with E-state index in [-0.39, 0.29) is 38.3 Å². The molecule has 3 heterocycles. The minimum atomic E-state index is -1.63. The van der Waals surface area contributed by atoms with Crippen LogP contribution in [0, 0.1) is 11.3 Å². The summed E-state index contributed by atoms with van der Waals surface area (Å²) in [5.41, 5.74) is 0.0811. The fraction of sp³-hybridized carbons (Fsp3) is 0.800. The first-order chi connectivity index (χ1) is 20.6. The van der Waals surface area contributed by atoms with Crippen LogP contribution in [0.5, 0.6) is 0 Å². The van der Waals surface area contributed by atoms with E-state index in [1.165, 1.54) is 35.0 Å². The number of methoxy groups -OCH3 is 2. The van der Waals surface area contributed by atoms with Crippen molar-refractivity contribution >= 4 is 23.8 Å². The van der Waals surface area contributed by atoms with E-state index in [0.29, 0.717) is 0 Å². The van der Waals surface area contributed by atoms with Gasteiger partial charge in [-0.25, -0.2) is 0 Å². The van der Waals surface area contributed by atoms with Gasteiger partial charge < -0.3 is 47.9 Å². The Bertz CT molecular complexity index is 1080. The Kier molecular flexibility index (Phi) is 11.9. The van der Waals surface area contributed by atoms with Crippen LogP contribution in [0.2, 0.25) is 0 Å². The molecule has 1 amide bonds. The van der Waals surface area contributed by atoms with E-state index in [1.807, 2.05) is 27.7 Å². The van der Waals surface area contributed by atoms with E-state index in [9.17, 15) is 19.2 Å². The number of esters is 3. The molecule has 0 aromatic carbocycles. The maximum absolute atomic E-state index is 13.9. The molecule has 0 unspecified atom stereocenters. The van der Waals surface area contributed by atoms with Crippen LogP contribution in [0.15, 0.2) is 12.2 Å². The molecule has 14 heteroatoms. The molecular weight excluding hydrogens is 582 g/mol. The standard InChI is InChI=1S/C30H47NO13/c1-15-12-30(37-10,44-17(3)16(15)2)26(42-20(6)34)27(35)31-28-24-23(39-14-40-28)25(36-9)29(7,8)22(43-24)11-21(41-19(5)33)13-38-18(4)32/h16-17,21-26,28H,1,11-14H2,2-10H3,(H,31,35)/t16-,17-,21-,22-,23+,24+,25-,26-,28+,30-/m1/s1. The first-order valence-electron chi connectivity index (χ1n) is 14.7. The van der Waals surface area contributed by atoms with Crippen LogP contribution in [0.1, 0.15) is 61.3 Å². The lowest BCUT2D eigenvalue weighted by Gasteiger charge is -2.54. The number of hydrogen-bond donors (Lipinski definition) is 1. The van der Waals surface area contributed by atoms with Gasteiger partial charge in [-0.05, 0) is 6.92 Å². The van der Waals surface area contributed by atoms with Gasteiger partial charge in [0.15, 0.2) is 6.23 Å². The van der Waals surface area contributed by atoms with Crippen molar-refractivity contribution in [2.24, 2.45) is 11.3 Å². The second-order valence-electron chi connectivity index (χ2n) is 12.1. The number of nitrogens with one attached hydrogen (secondary N) is 1. The zero-order valence-electron chi connectivity index (χ0n) is 27.0. The topological polar surface area (TPSA) is 163 Å². The number of amides is 1. The lowest BCUT2D eigenvalue weighted by Crippen LogP contribution is -2.69. The normalized spacial score (nSPS) is 34.6. The van der Waals surface area contributed by atoms with Gasteiger partial charge in [-0.15, -0.1) is 0 Å². The third kappa shape index (κ3) is 7.96. The van der Waals surface area contributed by atoms with E-state index in [0.717, 1.165) is 5.57 Å². The lowest BCUT2D eigenvalue weighted by atomic mass is 9.72. The predicted octanol–water partition coefficient (Wildman–Crippen LogP) is 1.77. The van der Waals surface area contributed by atoms with Crippen molar-refractivity contribution in [3.05, 3.63) is 12.2 Å². The zero-order chi connectivity index (χ0) is 33.0. The summed E-state index contributed by atoms with van der Waals surface area (Å²) in [5.74, 6) is -4.18. The largest absolute Gasteiger partial charge is 0.462 e. The summed E-state index contributed by atoms with van der Waals surface area (Å²) in [6.07, 6.45) is -6.32. The first kappa shape index (κ1) is 35.9. The fourth-order valence-corrected chi connectivity index (χ4v) is 6.06. The Labute approximate surface area is 258 Å². The Morgan fingerprint density at radius 1 is 1.00 bits per heavy atom. The molecule has 0 saturated carbocycles. The first-order valence-corrected chi connectivity index (χ1v) is 14.7. The van der Waals surface area contributed by atoms with E-state index in [4.69, 9.17) is 42.6 Å². The molecule has 3 aliphatic heterocycles. The molecule has 3 rings (SSSR count). The molecule has 3 saturated heterocycles. The smallest absolute Gasteiger partial charge is 0.303 e. The minimum Gasteiger partial charge on any atom is -0.462 e. The summed E-state index contributed by atoms with van der Waals surface area (Å²) >= 11 is 0. The molecule has 3 aliphatic rings. The van der Waals surface area contributed by atoms with Crippen molar-refractivity contribution in [2.45, 2.75) is 116 Å². The van der Waals surface area contributed by atoms with Gasteiger partial charge in [0.25, 0.3) is 5.91 Å². The third-order valence-corrected chi connectivity index (χ3v) is 8.61. The van der Waals surface area contributed by atoms with Gasteiger partial charge >= 0.3 is 17.9 Å². The monoisotopic (exact) mass is 629 g/mol. The van der Waals surface area contributed by atoms with Crippen LogP contribution in [0.4, 0.5) is 0 Å². The van der Waals surface area contributed by atoms with Crippen LogP contribution in [0.25, 0.3) is 0 Å². The number of carbonyl (C=O) groups is 4. The molecule has 1 N–H and O–H groups in total. The molecule has 0 aromatic rings. The maximum Gasteiger partial charge on any atom is 0.303 e. The Hall–Kier alpha value is -2.62. The number of carbonyl (C=O) groups excluding carboxylic acids is 4. The second-order valence-corrected chi connectivity index (χ2v) is 12.1. The van der Waals surface area contributed by atoms with Gasteiger partial charge in [-0.2, -0.15) is 0 Å². The van der Waals surface area contributed by atoms with E-state index < -0.39 is 77.9 Å². The fourth-order valence-electron chi connectivity index (χ4n) is 6.06. The van der Waals surface area contributed by atoms with Crippen molar-refractivity contribution in [1.82, 2.24) is 5.32 Å². The second kappa shape index (κ2) is 14.6. The number of ether oxygens (including phenoxy) is 9. The lowest BCUT2D eigenvalue weighted by molar-refractivity contribution is -0.333. The summed E-state index contributed by atoms with van der Waals surface area (Å²) in [6, 6.07) is 0. The van der Waals surface area contributed by atoms with Crippen LogP contribution in [-0.2, 0) is 61.8 Å². The Balaban J connectivity index is 1.90. The molecule has 14 nitrogen and oxygen atoms in total. The van der Waals surface area contributed by atoms with E-state index in [2.05, 4.69) is 11.9 Å². The highest BCUT2D eigenvalue weighted by molar-refractivity contribution is 5.84. The SMILES string of the molecule is C=C1C[C@](OC)([C@H](OC(C)=O)C(=O)N[C@H]2OCO[C@H]3[C@@H]2O[C@H](C[C@H](COC(C)=O)OC(C)=O)C(C)(C)[C@@H]3OC)O[C@H](C)[C@@H]1C. The molecule has 0 aromatic heterocycles. The molecule has 44 heavy (non-hydrogen) atoms. The molecule has 0 radical (unpaired) electrons. The summed E-state index contributed by atoms with van der Waals surface area (Å²) in [6.45, 7) is 15.1. The summed E-state index contributed by atoms with van der Waals surface area (Å²) < 4.78 is 52.1. The van der Waals surface area contributed by atoms with E-state index in [1.54, 1.807) is 0 Å². The highest BCUT2D eigenvalue weighted by Crippen LogP contribution is 2.44. The van der Waals surface area contributed by atoms with Crippen molar-refractivity contribution < 1.29 is 61.8 Å². The van der Waals surface area contributed by atoms with Crippen molar-refractivity contribution in [1.29, 1.82) is 0 Å². The average Bonchev–Trinajstić information content (AvgIpc) is 2.93. The minimum absolute atomic E-state index is 0.0162. The molecule has 3 fully saturated rings. The predicted molar refractivity (Wildman–Crippen MR) is 152 cm³/mol. The molecule has 250 valence electrons. The van der Waals surface area contributed by atoms with Gasteiger partial charge in [0.2, 0.25) is 11.9 Å². The van der Waals surface area contributed by atoms with Gasteiger partial charge in [-0.1, -0.05) is 32.9 Å². The third-order valence-electron chi connectivity index (χ3n) is 8.61. The zero-order valence-corrected chi connectivity index (χ0v) is 27.0. The summed E-state index contributed by atoms with van der Waals surface area (Å²) in [4.78, 5) is 49.4. The van der Waals surface area contributed by atoms with Crippen molar-refractivity contribution in [3.8, 4) is 0 Å². The Morgan fingerprint density at radius 2 is 1.66 bits per heavy atom. The molecule has 0 spiro atoms. The molecule has 0 bridgehead atoms. The average molecular weight is 630 g/mol. The van der Waals surface area contributed by atoms with E-state index >= 15 is 0 Å². The number of rotatable bonds is 11. The van der Waals surface area contributed by atoms with Crippen molar-refractivity contribution in [2.75, 3.05) is 27.6 Å². The summed E-state index contributed by atoms with van der Waals surface area (Å²) in [7, 11) is 2.91. The van der Waals surface area contributed by atoms with Gasteiger partial charge in [0.1, 0.15) is 31.7 Å². The molecule has 10 atom stereocenters. The van der Waals surface area contributed by atoms with Gasteiger partial charge in [0.05, 0.1) is 18.3 Å². The molecular formula is C30H47NO13. The Morgan fingerprint density at radius 3 is 2.20 bits per heavy atom. The quantitative estimate of drug-likeness (QED) is 0.200. The van der Waals surface area contributed by atoms with Crippen LogP contribution >= 0.6 is 0 Å². The van der Waals surface area contributed by atoms with Crippen LogP contribution in [0.3, 0.4) is 0 Å². The highest BCUT2D eigenvalue weighted by atomic mass is 16.7. The number of fused-ring (bicyclic) bond motifs is 1. The van der Waals surface area contributed by atoms with Crippen LogP contribution < -0.4 is 5.32 Å². The number of hydrogen-bond acceptors (Lipinski definition) is 13. The maximum atomic E-state index is 13.9. The van der Waals surface area contributed by atoms with Crippen molar-refractivity contribution in [3.63, 3.8) is 0 Å². The van der Waals surface area contributed by atoms with Gasteiger partial charge in [-0.3, -0.25) is 19.2 Å². The van der Waals surface area contributed by atoms with Gasteiger partial charge in [0, 0.05) is 59.2 Å².